The van der Waals surface area contributed by atoms with Crippen molar-refractivity contribution in [3.63, 3.8) is 0 Å². The summed E-state index contributed by atoms with van der Waals surface area (Å²) in [6.45, 7) is 1.77. The molecule has 100 valence electrons. The Labute approximate surface area is 110 Å². The molecule has 0 bridgehead atoms. The van der Waals surface area contributed by atoms with Crippen LogP contribution in [0, 0.1) is 0 Å². The Balaban J connectivity index is 2.10. The van der Waals surface area contributed by atoms with E-state index in [-0.39, 0.29) is 12.6 Å². The van der Waals surface area contributed by atoms with Crippen molar-refractivity contribution in [1.82, 2.24) is 10.2 Å². The van der Waals surface area contributed by atoms with E-state index in [2.05, 4.69) is 5.32 Å². The minimum absolute atomic E-state index is 0.192. The van der Waals surface area contributed by atoms with Crippen LogP contribution in [0.2, 0.25) is 0 Å². The van der Waals surface area contributed by atoms with E-state index in [0.717, 1.165) is 4.90 Å². The molecule has 0 unspecified atom stereocenters. The second-order valence-electron chi connectivity index (χ2n) is 4.45. The van der Waals surface area contributed by atoms with E-state index in [0.29, 0.717) is 17.7 Å². The molecule has 3 N–H and O–H groups in total. The molecule has 1 aliphatic rings. The summed E-state index contributed by atoms with van der Waals surface area (Å²) >= 11 is 0. The van der Waals surface area contributed by atoms with Crippen LogP contribution in [0.4, 0.5) is 0 Å². The normalized spacial score (nSPS) is 15.4. The molecule has 0 saturated heterocycles. The number of nitrogens with two attached hydrogens (primary N) is 1. The number of carbonyl (C=O) groups is 3. The Morgan fingerprint density at radius 2 is 1.79 bits per heavy atom. The number of nitrogens with one attached hydrogen (secondary N) is 1. The molecule has 0 aromatic heterocycles. The molecular formula is C13H15N3O3. The monoisotopic (exact) mass is 261 g/mol. The smallest absolute Gasteiger partial charge is 0.262 e. The van der Waals surface area contributed by atoms with Gasteiger partial charge in [0.25, 0.3) is 11.8 Å². The fraction of sp³-hybridized carbons (Fsp3) is 0.308. The van der Waals surface area contributed by atoms with Crippen LogP contribution in [0.15, 0.2) is 24.3 Å². The molecule has 1 aromatic carbocycles. The zero-order valence-corrected chi connectivity index (χ0v) is 10.6. The molecule has 2 rings (SSSR count). The van der Waals surface area contributed by atoms with Gasteiger partial charge < -0.3 is 11.1 Å². The summed E-state index contributed by atoms with van der Waals surface area (Å²) in [6, 6.07) is 6.34. The van der Waals surface area contributed by atoms with Gasteiger partial charge in [-0.1, -0.05) is 12.1 Å². The summed E-state index contributed by atoms with van der Waals surface area (Å²) in [5, 5.41) is 2.61. The fourth-order valence-electron chi connectivity index (χ4n) is 1.91. The predicted molar refractivity (Wildman–Crippen MR) is 68.5 cm³/mol. The van der Waals surface area contributed by atoms with Crippen molar-refractivity contribution in [2.24, 2.45) is 5.73 Å². The number of imide groups is 1. The number of rotatable bonds is 4. The summed E-state index contributed by atoms with van der Waals surface area (Å²) in [5.41, 5.74) is 6.07. The predicted octanol–water partition coefficient (Wildman–Crippen LogP) is -0.254. The van der Waals surface area contributed by atoms with Crippen molar-refractivity contribution >= 4 is 17.7 Å². The first-order chi connectivity index (χ1) is 9.04. The Morgan fingerprint density at radius 3 is 2.26 bits per heavy atom. The Kier molecular flexibility index (Phi) is 3.62. The van der Waals surface area contributed by atoms with Crippen LogP contribution in [0.25, 0.3) is 0 Å². The molecule has 1 heterocycles. The van der Waals surface area contributed by atoms with Gasteiger partial charge >= 0.3 is 0 Å². The second-order valence-corrected chi connectivity index (χ2v) is 4.45. The lowest BCUT2D eigenvalue weighted by Gasteiger charge is -2.16. The van der Waals surface area contributed by atoms with Crippen molar-refractivity contribution in [2.75, 3.05) is 13.1 Å². The number of amides is 3. The summed E-state index contributed by atoms with van der Waals surface area (Å²) in [5.74, 6) is -1.26. The second kappa shape index (κ2) is 5.19. The molecule has 0 aliphatic carbocycles. The van der Waals surface area contributed by atoms with Gasteiger partial charge in [0.05, 0.1) is 11.1 Å². The van der Waals surface area contributed by atoms with E-state index in [4.69, 9.17) is 5.73 Å². The average Bonchev–Trinajstić information content (AvgIpc) is 2.64. The SMILES string of the molecule is C[C@@H](CN)NC(=O)CN1C(=O)c2ccccc2C1=O. The molecule has 6 nitrogen and oxygen atoms in total. The number of nitrogens with zero attached hydrogens (tertiary/aromatic N) is 1. The van der Waals surface area contributed by atoms with Crippen LogP contribution in [0.5, 0.6) is 0 Å². The highest BCUT2D eigenvalue weighted by molar-refractivity contribution is 6.22. The Morgan fingerprint density at radius 1 is 1.26 bits per heavy atom. The Bertz CT molecular complexity index is 507. The maximum atomic E-state index is 12.0. The van der Waals surface area contributed by atoms with Crippen LogP contribution in [-0.4, -0.2) is 41.8 Å². The minimum Gasteiger partial charge on any atom is -0.351 e. The first-order valence-corrected chi connectivity index (χ1v) is 5.99. The van der Waals surface area contributed by atoms with Crippen molar-refractivity contribution in [1.29, 1.82) is 0 Å². The molecule has 0 radical (unpaired) electrons. The van der Waals surface area contributed by atoms with Gasteiger partial charge in [-0.2, -0.15) is 0 Å². The molecular weight excluding hydrogens is 246 g/mol. The summed E-state index contributed by atoms with van der Waals surface area (Å²) in [4.78, 5) is 36.6. The first-order valence-electron chi connectivity index (χ1n) is 5.99. The molecule has 0 spiro atoms. The zero-order chi connectivity index (χ0) is 14.0. The van der Waals surface area contributed by atoms with Crippen molar-refractivity contribution < 1.29 is 14.4 Å². The maximum absolute atomic E-state index is 12.0. The highest BCUT2D eigenvalue weighted by atomic mass is 16.2. The van der Waals surface area contributed by atoms with Gasteiger partial charge in [-0.3, -0.25) is 19.3 Å². The molecule has 1 aromatic rings. The number of hydrogen-bond donors (Lipinski definition) is 2. The maximum Gasteiger partial charge on any atom is 0.262 e. The van der Waals surface area contributed by atoms with Gasteiger partial charge in [0, 0.05) is 12.6 Å². The quantitative estimate of drug-likeness (QED) is 0.731. The van der Waals surface area contributed by atoms with E-state index >= 15 is 0 Å². The van der Waals surface area contributed by atoms with Gasteiger partial charge in [0.2, 0.25) is 5.91 Å². The van der Waals surface area contributed by atoms with Gasteiger partial charge in [0.15, 0.2) is 0 Å². The van der Waals surface area contributed by atoms with E-state index in [1.807, 2.05) is 0 Å². The number of hydrogen-bond acceptors (Lipinski definition) is 4. The third-order valence-electron chi connectivity index (χ3n) is 2.94. The molecule has 6 heteroatoms. The lowest BCUT2D eigenvalue weighted by molar-refractivity contribution is -0.121. The van der Waals surface area contributed by atoms with Crippen molar-refractivity contribution in [3.05, 3.63) is 35.4 Å². The molecule has 0 fully saturated rings. The molecule has 1 atom stereocenters. The van der Waals surface area contributed by atoms with Crippen molar-refractivity contribution in [3.8, 4) is 0 Å². The number of benzene rings is 1. The topological polar surface area (TPSA) is 92.5 Å². The van der Waals surface area contributed by atoms with Crippen LogP contribution >= 0.6 is 0 Å². The summed E-state index contributed by atoms with van der Waals surface area (Å²) < 4.78 is 0. The lowest BCUT2D eigenvalue weighted by atomic mass is 10.1. The third kappa shape index (κ3) is 2.48. The first kappa shape index (κ1) is 13.2. The largest absolute Gasteiger partial charge is 0.351 e. The highest BCUT2D eigenvalue weighted by Gasteiger charge is 2.36. The molecule has 3 amide bonds. The van der Waals surface area contributed by atoms with E-state index < -0.39 is 17.7 Å². The zero-order valence-electron chi connectivity index (χ0n) is 10.6. The van der Waals surface area contributed by atoms with Crippen molar-refractivity contribution in [2.45, 2.75) is 13.0 Å². The summed E-state index contributed by atoms with van der Waals surface area (Å²) in [6.07, 6.45) is 0. The van der Waals surface area contributed by atoms with Crippen LogP contribution < -0.4 is 11.1 Å². The highest BCUT2D eigenvalue weighted by Crippen LogP contribution is 2.21. The number of carbonyl (C=O) groups excluding carboxylic acids is 3. The fourth-order valence-corrected chi connectivity index (χ4v) is 1.91. The Hall–Kier alpha value is -2.21. The van der Waals surface area contributed by atoms with Gasteiger partial charge in [-0.25, -0.2) is 0 Å². The van der Waals surface area contributed by atoms with Gasteiger partial charge in [-0.15, -0.1) is 0 Å². The summed E-state index contributed by atoms with van der Waals surface area (Å²) in [7, 11) is 0. The molecule has 19 heavy (non-hydrogen) atoms. The average molecular weight is 261 g/mol. The van der Waals surface area contributed by atoms with E-state index in [1.54, 1.807) is 31.2 Å². The van der Waals surface area contributed by atoms with Crippen LogP contribution in [0.3, 0.4) is 0 Å². The molecule has 0 saturated carbocycles. The van der Waals surface area contributed by atoms with Crippen LogP contribution in [-0.2, 0) is 4.79 Å². The van der Waals surface area contributed by atoms with Crippen LogP contribution in [0.1, 0.15) is 27.6 Å². The van der Waals surface area contributed by atoms with E-state index in [9.17, 15) is 14.4 Å². The lowest BCUT2D eigenvalue weighted by Crippen LogP contribution is -2.45. The van der Waals surface area contributed by atoms with Gasteiger partial charge in [-0.05, 0) is 19.1 Å². The standard InChI is InChI=1S/C13H15N3O3/c1-8(6-14)15-11(17)7-16-12(18)9-4-2-3-5-10(9)13(16)19/h2-5,8H,6-7,14H2,1H3,(H,15,17)/t8-/m0/s1. The minimum atomic E-state index is -0.434. The van der Waals surface area contributed by atoms with Gasteiger partial charge in [0.1, 0.15) is 6.54 Å². The number of fused-ring (bicyclic) bond motifs is 1. The molecule has 1 aliphatic heterocycles. The van der Waals surface area contributed by atoms with E-state index in [1.165, 1.54) is 0 Å². The third-order valence-corrected chi connectivity index (χ3v) is 2.94.